The van der Waals surface area contributed by atoms with Crippen molar-refractivity contribution in [2.45, 2.75) is 44.9 Å². The number of benzene rings is 1. The molecule has 2 unspecified atom stereocenters. The number of imide groups is 1. The fourth-order valence-corrected chi connectivity index (χ4v) is 3.11. The van der Waals surface area contributed by atoms with Gasteiger partial charge in [0.1, 0.15) is 6.04 Å². The lowest BCUT2D eigenvalue weighted by Gasteiger charge is -2.24. The van der Waals surface area contributed by atoms with Crippen LogP contribution >= 0.6 is 0 Å². The maximum absolute atomic E-state index is 12.6. The van der Waals surface area contributed by atoms with Gasteiger partial charge in [-0.05, 0) is 32.4 Å². The molecule has 0 spiro atoms. The summed E-state index contributed by atoms with van der Waals surface area (Å²) in [7, 11) is 0. The molecule has 1 aromatic carbocycles. The predicted octanol–water partition coefficient (Wildman–Crippen LogP) is 1.38. The number of H-pyrrole nitrogens is 1. The minimum Gasteiger partial charge on any atom is -0.390 e. The summed E-state index contributed by atoms with van der Waals surface area (Å²) in [6, 6.07) is 6.79. The van der Waals surface area contributed by atoms with E-state index >= 15 is 0 Å². The molecule has 0 saturated carbocycles. The smallest absolute Gasteiger partial charge is 0.324 e. The van der Waals surface area contributed by atoms with E-state index in [1.807, 2.05) is 51.2 Å². The molecule has 3 amide bonds. The van der Waals surface area contributed by atoms with Crippen molar-refractivity contribution in [1.82, 2.24) is 20.5 Å². The molecule has 2 heterocycles. The Hall–Kier alpha value is -2.38. The molecule has 2 atom stereocenters. The van der Waals surface area contributed by atoms with Gasteiger partial charge >= 0.3 is 6.03 Å². The number of hydrogen-bond acceptors (Lipinski definition) is 4. The minimum absolute atomic E-state index is 0.0157. The Morgan fingerprint density at radius 1 is 1.27 bits per heavy atom. The number of amides is 3. The third-order valence-corrected chi connectivity index (χ3v) is 4.47. The van der Waals surface area contributed by atoms with E-state index in [0.29, 0.717) is 13.0 Å². The summed E-state index contributed by atoms with van der Waals surface area (Å²) in [4.78, 5) is 29.1. The van der Waals surface area contributed by atoms with Crippen LogP contribution < -0.4 is 10.6 Å². The average Bonchev–Trinajstić information content (AvgIpc) is 3.09. The minimum atomic E-state index is -0.809. The molecule has 1 saturated heterocycles. The van der Waals surface area contributed by atoms with E-state index in [1.54, 1.807) is 0 Å². The van der Waals surface area contributed by atoms with Gasteiger partial charge in [-0.25, -0.2) is 4.79 Å². The standard InChI is InChI=1S/C19H26N4O3/c1-19(2,3)21-10-13(24)11-23-17(25)16(22-18(23)26)8-12-9-20-15-7-5-4-6-14(12)15/h4-7,9,13,16,20-21,24H,8,10-11H2,1-3H3,(H,22,26). The number of urea groups is 1. The lowest BCUT2D eigenvalue weighted by atomic mass is 10.0. The number of para-hydroxylation sites is 1. The third-order valence-electron chi connectivity index (χ3n) is 4.47. The highest BCUT2D eigenvalue weighted by molar-refractivity contribution is 6.04. The molecule has 26 heavy (non-hydrogen) atoms. The third kappa shape index (κ3) is 4.05. The molecule has 7 heteroatoms. The number of aromatic nitrogens is 1. The van der Waals surface area contributed by atoms with Crippen LogP contribution in [0.2, 0.25) is 0 Å². The number of nitrogens with zero attached hydrogens (tertiary/aromatic N) is 1. The number of aromatic amines is 1. The monoisotopic (exact) mass is 358 g/mol. The summed E-state index contributed by atoms with van der Waals surface area (Å²) in [6.45, 7) is 6.27. The number of carbonyl (C=O) groups excluding carboxylic acids is 2. The number of aliphatic hydroxyl groups excluding tert-OH is 1. The van der Waals surface area contributed by atoms with E-state index in [2.05, 4.69) is 15.6 Å². The van der Waals surface area contributed by atoms with Gasteiger partial charge in [0.25, 0.3) is 5.91 Å². The highest BCUT2D eigenvalue weighted by Gasteiger charge is 2.39. The molecule has 4 N–H and O–H groups in total. The zero-order chi connectivity index (χ0) is 18.9. The van der Waals surface area contributed by atoms with Crippen LogP contribution in [0.15, 0.2) is 30.5 Å². The van der Waals surface area contributed by atoms with E-state index < -0.39 is 18.2 Å². The Morgan fingerprint density at radius 2 is 2.00 bits per heavy atom. The van der Waals surface area contributed by atoms with Crippen LogP contribution in [0.4, 0.5) is 4.79 Å². The van der Waals surface area contributed by atoms with Gasteiger partial charge in [-0.3, -0.25) is 9.69 Å². The summed E-state index contributed by atoms with van der Waals surface area (Å²) in [5.41, 5.74) is 1.84. The Morgan fingerprint density at radius 3 is 2.73 bits per heavy atom. The zero-order valence-corrected chi connectivity index (χ0v) is 15.4. The highest BCUT2D eigenvalue weighted by atomic mass is 16.3. The van der Waals surface area contributed by atoms with Gasteiger partial charge in [-0.2, -0.15) is 0 Å². The van der Waals surface area contributed by atoms with Crippen LogP contribution in [-0.4, -0.2) is 57.7 Å². The molecule has 2 aromatic rings. The van der Waals surface area contributed by atoms with Crippen molar-refractivity contribution in [3.63, 3.8) is 0 Å². The van der Waals surface area contributed by atoms with Crippen molar-refractivity contribution < 1.29 is 14.7 Å². The Bertz CT molecular complexity index is 808. The van der Waals surface area contributed by atoms with Crippen molar-refractivity contribution in [2.75, 3.05) is 13.1 Å². The maximum atomic E-state index is 12.6. The molecule has 0 bridgehead atoms. The van der Waals surface area contributed by atoms with Gasteiger partial charge in [-0.1, -0.05) is 18.2 Å². The van der Waals surface area contributed by atoms with E-state index in [1.165, 1.54) is 0 Å². The van der Waals surface area contributed by atoms with Crippen LogP contribution in [0.25, 0.3) is 10.9 Å². The van der Waals surface area contributed by atoms with Crippen LogP contribution in [-0.2, 0) is 11.2 Å². The van der Waals surface area contributed by atoms with Crippen LogP contribution in [0.1, 0.15) is 26.3 Å². The summed E-state index contributed by atoms with van der Waals surface area (Å²) < 4.78 is 0. The van der Waals surface area contributed by atoms with Gasteiger partial charge in [0.2, 0.25) is 0 Å². The summed E-state index contributed by atoms with van der Waals surface area (Å²) >= 11 is 0. The van der Waals surface area contributed by atoms with Crippen LogP contribution in [0.3, 0.4) is 0 Å². The number of carbonyl (C=O) groups is 2. The van der Waals surface area contributed by atoms with Gasteiger partial charge < -0.3 is 20.7 Å². The molecule has 1 fully saturated rings. The molecule has 1 aliphatic heterocycles. The number of fused-ring (bicyclic) bond motifs is 1. The second kappa shape index (κ2) is 7.09. The zero-order valence-electron chi connectivity index (χ0n) is 15.4. The normalized spacial score (nSPS) is 19.2. The number of hydrogen-bond donors (Lipinski definition) is 4. The molecule has 1 aliphatic rings. The lowest BCUT2D eigenvalue weighted by molar-refractivity contribution is -0.128. The van der Waals surface area contributed by atoms with E-state index in [0.717, 1.165) is 21.4 Å². The SMILES string of the molecule is CC(C)(C)NCC(O)CN1C(=O)NC(Cc2c[nH]c3ccccc23)C1=O. The maximum Gasteiger partial charge on any atom is 0.324 e. The summed E-state index contributed by atoms with van der Waals surface area (Å²) in [5, 5.41) is 17.1. The van der Waals surface area contributed by atoms with Gasteiger partial charge in [0, 0.05) is 35.6 Å². The second-order valence-corrected chi connectivity index (χ2v) is 7.80. The van der Waals surface area contributed by atoms with Crippen molar-refractivity contribution in [3.05, 3.63) is 36.0 Å². The second-order valence-electron chi connectivity index (χ2n) is 7.80. The van der Waals surface area contributed by atoms with E-state index in [4.69, 9.17) is 0 Å². The molecule has 1 aromatic heterocycles. The molecular weight excluding hydrogens is 332 g/mol. The fraction of sp³-hybridized carbons (Fsp3) is 0.474. The lowest BCUT2D eigenvalue weighted by Crippen LogP contribution is -2.46. The highest BCUT2D eigenvalue weighted by Crippen LogP contribution is 2.21. The van der Waals surface area contributed by atoms with Crippen molar-refractivity contribution in [3.8, 4) is 0 Å². The topological polar surface area (TPSA) is 97.5 Å². The largest absolute Gasteiger partial charge is 0.390 e. The summed E-state index contributed by atoms with van der Waals surface area (Å²) in [6.07, 6.45) is 1.48. The molecule has 7 nitrogen and oxygen atoms in total. The van der Waals surface area contributed by atoms with Crippen molar-refractivity contribution >= 4 is 22.8 Å². The van der Waals surface area contributed by atoms with Gasteiger partial charge in [0.15, 0.2) is 0 Å². The van der Waals surface area contributed by atoms with Gasteiger partial charge in [-0.15, -0.1) is 0 Å². The Kier molecular flexibility index (Phi) is 5.02. The van der Waals surface area contributed by atoms with Crippen molar-refractivity contribution in [1.29, 1.82) is 0 Å². The first-order valence-corrected chi connectivity index (χ1v) is 8.84. The first-order chi connectivity index (χ1) is 12.2. The molecule has 0 aliphatic carbocycles. The van der Waals surface area contributed by atoms with Crippen LogP contribution in [0.5, 0.6) is 0 Å². The van der Waals surface area contributed by atoms with Crippen molar-refractivity contribution in [2.24, 2.45) is 0 Å². The molecule has 3 rings (SSSR count). The van der Waals surface area contributed by atoms with E-state index in [9.17, 15) is 14.7 Å². The van der Waals surface area contributed by atoms with E-state index in [-0.39, 0.29) is 18.0 Å². The summed E-state index contributed by atoms with van der Waals surface area (Å²) in [5.74, 6) is -0.296. The number of nitrogens with one attached hydrogen (secondary N) is 3. The first-order valence-electron chi connectivity index (χ1n) is 8.84. The first kappa shape index (κ1) is 18.4. The number of aliphatic hydroxyl groups is 1. The average molecular weight is 358 g/mol. The van der Waals surface area contributed by atoms with Crippen LogP contribution in [0, 0.1) is 0 Å². The molecule has 140 valence electrons. The number of rotatable bonds is 6. The molecule has 0 radical (unpaired) electrons. The Labute approximate surface area is 152 Å². The van der Waals surface area contributed by atoms with Gasteiger partial charge in [0.05, 0.1) is 12.6 Å². The predicted molar refractivity (Wildman–Crippen MR) is 99.8 cm³/mol. The Balaban J connectivity index is 1.63. The number of β-amino-alcohol motifs (C(OH)–C–C–N with tert-alkyl or cyclic N) is 1. The fourth-order valence-electron chi connectivity index (χ4n) is 3.11. The quantitative estimate of drug-likeness (QED) is 0.587. The molecular formula is C19H26N4O3.